The van der Waals surface area contributed by atoms with Gasteiger partial charge in [-0.1, -0.05) is 40.5 Å². The minimum atomic E-state index is 0.402. The van der Waals surface area contributed by atoms with E-state index in [9.17, 15) is 0 Å². The second-order valence-corrected chi connectivity index (χ2v) is 6.61. The van der Waals surface area contributed by atoms with Gasteiger partial charge in [0, 0.05) is 5.54 Å². The fourth-order valence-corrected chi connectivity index (χ4v) is 2.06. The molecule has 0 aliphatic carbocycles. The predicted molar refractivity (Wildman–Crippen MR) is 74.9 cm³/mol. The van der Waals surface area contributed by atoms with Gasteiger partial charge in [-0.15, -0.1) is 0 Å². The van der Waals surface area contributed by atoms with Crippen molar-refractivity contribution in [3.8, 4) is 0 Å². The molecule has 0 saturated carbocycles. The topological polar surface area (TPSA) is 3.24 Å². The smallest absolute Gasteiger partial charge is 0.0175 e. The van der Waals surface area contributed by atoms with Crippen LogP contribution in [0.2, 0.25) is 0 Å². The first-order valence-corrected chi connectivity index (χ1v) is 6.95. The highest BCUT2D eigenvalue weighted by Gasteiger charge is 2.26. The first kappa shape index (κ1) is 16.0. The van der Waals surface area contributed by atoms with Crippen molar-refractivity contribution in [2.45, 2.75) is 72.3 Å². The molecular formula is C15H33N. The van der Waals surface area contributed by atoms with Crippen LogP contribution in [0.1, 0.15) is 66.7 Å². The van der Waals surface area contributed by atoms with Crippen molar-refractivity contribution < 1.29 is 0 Å². The Hall–Kier alpha value is -0.0400. The van der Waals surface area contributed by atoms with E-state index >= 15 is 0 Å². The van der Waals surface area contributed by atoms with E-state index in [1.54, 1.807) is 0 Å². The van der Waals surface area contributed by atoms with E-state index in [-0.39, 0.29) is 0 Å². The molecule has 0 N–H and O–H groups in total. The quantitative estimate of drug-likeness (QED) is 0.587. The monoisotopic (exact) mass is 227 g/mol. The number of rotatable bonds is 8. The third-order valence-corrected chi connectivity index (χ3v) is 3.84. The Morgan fingerprint density at radius 3 is 1.75 bits per heavy atom. The lowest BCUT2D eigenvalue weighted by atomic mass is 9.85. The molecule has 16 heavy (non-hydrogen) atoms. The van der Waals surface area contributed by atoms with Crippen molar-refractivity contribution in [3.05, 3.63) is 0 Å². The lowest BCUT2D eigenvalue weighted by Gasteiger charge is -2.37. The van der Waals surface area contributed by atoms with Crippen LogP contribution in [-0.2, 0) is 0 Å². The van der Waals surface area contributed by atoms with Crippen molar-refractivity contribution in [2.75, 3.05) is 14.1 Å². The van der Waals surface area contributed by atoms with Crippen LogP contribution in [0.5, 0.6) is 0 Å². The van der Waals surface area contributed by atoms with Gasteiger partial charge in [0.15, 0.2) is 0 Å². The maximum atomic E-state index is 2.43. The van der Waals surface area contributed by atoms with E-state index in [1.165, 1.54) is 32.1 Å². The number of nitrogens with zero attached hydrogens (tertiary/aromatic N) is 1. The van der Waals surface area contributed by atoms with E-state index in [1.807, 2.05) is 0 Å². The van der Waals surface area contributed by atoms with Crippen molar-refractivity contribution in [2.24, 2.45) is 11.8 Å². The highest BCUT2D eigenvalue weighted by molar-refractivity contribution is 4.83. The summed E-state index contributed by atoms with van der Waals surface area (Å²) in [5.41, 5.74) is 0.402. The van der Waals surface area contributed by atoms with Crippen LogP contribution in [0.4, 0.5) is 0 Å². The van der Waals surface area contributed by atoms with E-state index in [0.29, 0.717) is 5.54 Å². The molecule has 0 aromatic heterocycles. The van der Waals surface area contributed by atoms with Gasteiger partial charge in [-0.3, -0.25) is 0 Å². The molecule has 1 heteroatoms. The summed E-state index contributed by atoms with van der Waals surface area (Å²) in [6.07, 6.45) is 6.74. The summed E-state index contributed by atoms with van der Waals surface area (Å²) in [6, 6.07) is 0. The molecule has 0 aromatic carbocycles. The van der Waals surface area contributed by atoms with E-state index in [4.69, 9.17) is 0 Å². The van der Waals surface area contributed by atoms with Crippen LogP contribution in [-0.4, -0.2) is 24.5 Å². The van der Waals surface area contributed by atoms with Gasteiger partial charge >= 0.3 is 0 Å². The Bertz CT molecular complexity index is 172. The van der Waals surface area contributed by atoms with Crippen LogP contribution in [0.15, 0.2) is 0 Å². The van der Waals surface area contributed by atoms with Gasteiger partial charge in [-0.05, 0) is 52.1 Å². The zero-order valence-corrected chi connectivity index (χ0v) is 12.6. The fourth-order valence-electron chi connectivity index (χ4n) is 2.06. The van der Waals surface area contributed by atoms with Gasteiger partial charge in [-0.2, -0.15) is 0 Å². The number of hydrogen-bond acceptors (Lipinski definition) is 1. The molecule has 0 aliphatic heterocycles. The lowest BCUT2D eigenvalue weighted by Crippen LogP contribution is -2.41. The molecule has 98 valence electrons. The molecule has 1 nitrogen and oxygen atoms in total. The summed E-state index contributed by atoms with van der Waals surface area (Å²) >= 11 is 0. The van der Waals surface area contributed by atoms with Crippen LogP contribution in [0.25, 0.3) is 0 Å². The Morgan fingerprint density at radius 1 is 0.875 bits per heavy atom. The van der Waals surface area contributed by atoms with E-state index in [2.05, 4.69) is 53.6 Å². The second kappa shape index (κ2) is 7.32. The normalized spacial score (nSPS) is 16.1. The Balaban J connectivity index is 4.12. The molecule has 0 saturated heterocycles. The molecule has 0 radical (unpaired) electrons. The largest absolute Gasteiger partial charge is 0.304 e. The molecule has 0 spiro atoms. The van der Waals surface area contributed by atoms with Crippen molar-refractivity contribution in [1.29, 1.82) is 0 Å². The SMILES string of the molecule is CC(C)CCCC(C)(CCC(C)C)N(C)C. The molecule has 0 rings (SSSR count). The van der Waals surface area contributed by atoms with Gasteiger partial charge in [0.05, 0.1) is 0 Å². The predicted octanol–water partition coefficient (Wildman–Crippen LogP) is 4.57. The molecule has 0 amide bonds. The zero-order valence-electron chi connectivity index (χ0n) is 12.6. The van der Waals surface area contributed by atoms with Crippen LogP contribution in [0, 0.1) is 11.8 Å². The van der Waals surface area contributed by atoms with Crippen LogP contribution < -0.4 is 0 Å². The number of hydrogen-bond donors (Lipinski definition) is 0. The van der Waals surface area contributed by atoms with Crippen LogP contribution in [0.3, 0.4) is 0 Å². The fraction of sp³-hybridized carbons (Fsp3) is 1.00. The Morgan fingerprint density at radius 2 is 1.38 bits per heavy atom. The molecule has 0 bridgehead atoms. The highest BCUT2D eigenvalue weighted by Crippen LogP contribution is 2.27. The van der Waals surface area contributed by atoms with Gasteiger partial charge < -0.3 is 4.90 Å². The third kappa shape index (κ3) is 6.52. The second-order valence-electron chi connectivity index (χ2n) is 6.61. The third-order valence-electron chi connectivity index (χ3n) is 3.84. The Labute approximate surface area is 104 Å². The minimum Gasteiger partial charge on any atom is -0.304 e. The highest BCUT2D eigenvalue weighted by atomic mass is 15.1. The summed E-state index contributed by atoms with van der Waals surface area (Å²) in [7, 11) is 4.46. The maximum Gasteiger partial charge on any atom is 0.0175 e. The van der Waals surface area contributed by atoms with E-state index in [0.717, 1.165) is 11.8 Å². The Kier molecular flexibility index (Phi) is 7.30. The molecule has 1 atom stereocenters. The molecule has 1 unspecified atom stereocenters. The molecule has 0 aromatic rings. The molecule has 0 aliphatic rings. The van der Waals surface area contributed by atoms with Gasteiger partial charge in [0.1, 0.15) is 0 Å². The molecule has 0 fully saturated rings. The summed E-state index contributed by atoms with van der Waals surface area (Å²) in [5, 5.41) is 0. The molecule has 0 heterocycles. The summed E-state index contributed by atoms with van der Waals surface area (Å²) in [4.78, 5) is 2.43. The summed E-state index contributed by atoms with van der Waals surface area (Å²) in [6.45, 7) is 11.7. The average Bonchev–Trinajstić information content (AvgIpc) is 2.13. The van der Waals surface area contributed by atoms with Gasteiger partial charge in [0.25, 0.3) is 0 Å². The average molecular weight is 227 g/mol. The maximum absolute atomic E-state index is 2.43. The summed E-state index contributed by atoms with van der Waals surface area (Å²) < 4.78 is 0. The van der Waals surface area contributed by atoms with Gasteiger partial charge in [0.2, 0.25) is 0 Å². The lowest BCUT2D eigenvalue weighted by molar-refractivity contribution is 0.134. The van der Waals surface area contributed by atoms with Crippen molar-refractivity contribution >= 4 is 0 Å². The van der Waals surface area contributed by atoms with Crippen LogP contribution >= 0.6 is 0 Å². The zero-order chi connectivity index (χ0) is 12.8. The van der Waals surface area contributed by atoms with Crippen molar-refractivity contribution in [1.82, 2.24) is 4.90 Å². The first-order valence-electron chi connectivity index (χ1n) is 6.95. The van der Waals surface area contributed by atoms with Gasteiger partial charge in [-0.25, -0.2) is 0 Å². The molecular weight excluding hydrogens is 194 g/mol. The first-order chi connectivity index (χ1) is 7.28. The van der Waals surface area contributed by atoms with Crippen molar-refractivity contribution in [3.63, 3.8) is 0 Å². The minimum absolute atomic E-state index is 0.402. The standard InChI is InChI=1S/C15H33N/c1-13(2)9-8-11-15(5,16(6)7)12-10-14(3)4/h13-14H,8-12H2,1-7H3. The van der Waals surface area contributed by atoms with E-state index < -0.39 is 0 Å². The summed E-state index contributed by atoms with van der Waals surface area (Å²) in [5.74, 6) is 1.67.